The van der Waals surface area contributed by atoms with Gasteiger partial charge < -0.3 is 9.94 Å². The van der Waals surface area contributed by atoms with Gasteiger partial charge in [0.25, 0.3) is 0 Å². The smallest absolute Gasteiger partial charge is 0.309 e. The average molecular weight is 531 g/mol. The van der Waals surface area contributed by atoms with E-state index >= 15 is 0 Å². The molecule has 3 aliphatic carbocycles. The molecule has 0 aromatic heterocycles. The van der Waals surface area contributed by atoms with Crippen molar-refractivity contribution in [3.63, 3.8) is 0 Å². The number of carbonyl (C=O) groups is 1. The average Bonchev–Trinajstić information content (AvgIpc) is 3.83. The van der Waals surface area contributed by atoms with Crippen LogP contribution in [0.4, 0.5) is 4.39 Å². The summed E-state index contributed by atoms with van der Waals surface area (Å²) in [5.41, 5.74) is 7.27. The van der Waals surface area contributed by atoms with Crippen molar-refractivity contribution in [2.75, 3.05) is 13.1 Å². The van der Waals surface area contributed by atoms with Crippen LogP contribution in [0.2, 0.25) is 0 Å². The SMILES string of the molecule is CC1(C(=O)O)CCC(CC2=NOC3(C2)CN(Cc2cc(C4CC4)c(-c4ccc(F)cc4)c(C4CC4)c2)C3)CC1. The van der Waals surface area contributed by atoms with E-state index in [2.05, 4.69) is 22.2 Å². The fourth-order valence-electron chi connectivity index (χ4n) is 7.31. The summed E-state index contributed by atoms with van der Waals surface area (Å²) in [5, 5.41) is 14.0. The Morgan fingerprint density at radius 1 is 1.03 bits per heavy atom. The van der Waals surface area contributed by atoms with Gasteiger partial charge in [0.05, 0.1) is 11.1 Å². The Bertz CT molecular complexity index is 1260. The van der Waals surface area contributed by atoms with Crippen molar-refractivity contribution in [2.45, 2.75) is 95.1 Å². The maximum absolute atomic E-state index is 13.7. The highest BCUT2D eigenvalue weighted by atomic mass is 19.1. The van der Waals surface area contributed by atoms with Crippen molar-refractivity contribution in [3.05, 3.63) is 58.9 Å². The predicted molar refractivity (Wildman–Crippen MR) is 149 cm³/mol. The number of carboxylic acids is 1. The number of aliphatic carboxylic acids is 1. The Labute approximate surface area is 230 Å². The quantitative estimate of drug-likeness (QED) is 0.391. The number of likely N-dealkylation sites (tertiary alicyclic amines) is 1. The van der Waals surface area contributed by atoms with E-state index in [0.717, 1.165) is 69.4 Å². The Kier molecular flexibility index (Phi) is 6.11. The predicted octanol–water partition coefficient (Wildman–Crippen LogP) is 7.25. The molecule has 4 fully saturated rings. The lowest BCUT2D eigenvalue weighted by Gasteiger charge is -2.45. The summed E-state index contributed by atoms with van der Waals surface area (Å²) in [6.45, 7) is 4.62. The molecule has 0 bridgehead atoms. The number of hydrogen-bond donors (Lipinski definition) is 1. The second kappa shape index (κ2) is 9.43. The molecule has 1 saturated heterocycles. The molecule has 3 saturated carbocycles. The summed E-state index contributed by atoms with van der Waals surface area (Å²) in [7, 11) is 0. The van der Waals surface area contributed by atoms with Crippen LogP contribution >= 0.6 is 0 Å². The molecule has 39 heavy (non-hydrogen) atoms. The summed E-state index contributed by atoms with van der Waals surface area (Å²) in [5.74, 6) is 0.950. The van der Waals surface area contributed by atoms with Gasteiger partial charge in [-0.3, -0.25) is 9.69 Å². The van der Waals surface area contributed by atoms with Crippen molar-refractivity contribution < 1.29 is 19.1 Å². The number of oxime groups is 1. The molecule has 0 unspecified atom stereocenters. The fourth-order valence-corrected chi connectivity index (χ4v) is 7.31. The van der Waals surface area contributed by atoms with Gasteiger partial charge in [-0.05, 0) is 122 Å². The van der Waals surface area contributed by atoms with Crippen molar-refractivity contribution in [2.24, 2.45) is 16.5 Å². The number of carboxylic acid groups (broad SMARTS) is 1. The number of rotatable bonds is 8. The molecule has 5 nitrogen and oxygen atoms in total. The van der Waals surface area contributed by atoms with E-state index in [0.29, 0.717) is 17.8 Å². The first-order valence-electron chi connectivity index (χ1n) is 14.9. The first kappa shape index (κ1) is 25.3. The van der Waals surface area contributed by atoms with Gasteiger partial charge in [-0.25, -0.2) is 4.39 Å². The summed E-state index contributed by atoms with van der Waals surface area (Å²) in [4.78, 5) is 20.1. The van der Waals surface area contributed by atoms with E-state index in [-0.39, 0.29) is 11.4 Å². The summed E-state index contributed by atoms with van der Waals surface area (Å²) >= 11 is 0. The van der Waals surface area contributed by atoms with Crippen LogP contribution in [0.15, 0.2) is 41.6 Å². The lowest BCUT2D eigenvalue weighted by atomic mass is 9.70. The molecule has 0 amide bonds. The normalized spacial score (nSPS) is 28.2. The van der Waals surface area contributed by atoms with Crippen LogP contribution < -0.4 is 0 Å². The number of halogens is 1. The van der Waals surface area contributed by atoms with E-state index in [4.69, 9.17) is 4.84 Å². The minimum Gasteiger partial charge on any atom is -0.481 e. The number of hydrogen-bond acceptors (Lipinski definition) is 4. The monoisotopic (exact) mass is 530 g/mol. The van der Waals surface area contributed by atoms with Crippen LogP contribution in [-0.2, 0) is 16.2 Å². The molecule has 6 heteroatoms. The first-order valence-corrected chi connectivity index (χ1v) is 14.9. The van der Waals surface area contributed by atoms with Crippen LogP contribution in [0.3, 0.4) is 0 Å². The minimum atomic E-state index is -0.658. The highest BCUT2D eigenvalue weighted by Gasteiger charge is 2.50. The second-order valence-corrected chi connectivity index (χ2v) is 13.5. The maximum Gasteiger partial charge on any atom is 0.309 e. The molecule has 1 N–H and O–H groups in total. The highest BCUT2D eigenvalue weighted by Crippen LogP contribution is 2.52. The topological polar surface area (TPSA) is 62.1 Å². The van der Waals surface area contributed by atoms with E-state index in [1.165, 1.54) is 47.9 Å². The molecular weight excluding hydrogens is 491 g/mol. The largest absolute Gasteiger partial charge is 0.481 e. The van der Waals surface area contributed by atoms with E-state index in [1.807, 2.05) is 19.1 Å². The van der Waals surface area contributed by atoms with Crippen molar-refractivity contribution >= 4 is 11.7 Å². The number of benzene rings is 2. The van der Waals surface area contributed by atoms with Crippen molar-refractivity contribution in [1.82, 2.24) is 4.90 Å². The zero-order valence-corrected chi connectivity index (χ0v) is 22.9. The lowest BCUT2D eigenvalue weighted by Crippen LogP contribution is -2.61. The summed E-state index contributed by atoms with van der Waals surface area (Å²) in [6.07, 6.45) is 10.3. The molecule has 2 aliphatic heterocycles. The fraction of sp³-hybridized carbons (Fsp3) is 0.576. The third-order valence-electron chi connectivity index (χ3n) is 10.0. The first-order chi connectivity index (χ1) is 18.8. The lowest BCUT2D eigenvalue weighted by molar-refractivity contribution is -0.150. The molecule has 2 aromatic carbocycles. The van der Waals surface area contributed by atoms with Crippen LogP contribution in [0.1, 0.15) is 99.7 Å². The molecular formula is C33H39FN2O3. The van der Waals surface area contributed by atoms with Gasteiger partial charge in [0.2, 0.25) is 0 Å². The third-order valence-corrected chi connectivity index (χ3v) is 10.0. The zero-order chi connectivity index (χ0) is 26.8. The van der Waals surface area contributed by atoms with Gasteiger partial charge in [0.1, 0.15) is 5.82 Å². The van der Waals surface area contributed by atoms with Crippen LogP contribution in [-0.4, -0.2) is 40.4 Å². The molecule has 1 spiro atoms. The molecule has 2 heterocycles. The molecule has 7 rings (SSSR count). The third kappa shape index (κ3) is 5.01. The Morgan fingerprint density at radius 3 is 2.21 bits per heavy atom. The van der Waals surface area contributed by atoms with Gasteiger partial charge in [0.15, 0.2) is 5.60 Å². The van der Waals surface area contributed by atoms with E-state index < -0.39 is 11.4 Å². The minimum absolute atomic E-state index is 0.174. The van der Waals surface area contributed by atoms with Crippen molar-refractivity contribution in [3.8, 4) is 11.1 Å². The Hall–Kier alpha value is -2.73. The van der Waals surface area contributed by atoms with E-state index in [9.17, 15) is 14.3 Å². The van der Waals surface area contributed by atoms with Crippen LogP contribution in [0, 0.1) is 17.2 Å². The number of nitrogens with zero attached hydrogens (tertiary/aromatic N) is 2. The zero-order valence-electron chi connectivity index (χ0n) is 22.9. The Morgan fingerprint density at radius 2 is 1.64 bits per heavy atom. The van der Waals surface area contributed by atoms with Gasteiger partial charge in [-0.15, -0.1) is 0 Å². The summed E-state index contributed by atoms with van der Waals surface area (Å²) < 4.78 is 13.7. The van der Waals surface area contributed by atoms with Gasteiger partial charge in [-0.2, -0.15) is 0 Å². The van der Waals surface area contributed by atoms with Crippen LogP contribution in [0.5, 0.6) is 0 Å². The van der Waals surface area contributed by atoms with Gasteiger partial charge in [-0.1, -0.05) is 29.4 Å². The molecule has 206 valence electrons. The molecule has 5 aliphatic rings. The van der Waals surface area contributed by atoms with Gasteiger partial charge in [0, 0.05) is 26.1 Å². The standard InChI is InChI=1S/C33H39FN2O3/c1-32(31(37)38)12-10-21(11-13-32)14-27-17-33(39-35-27)19-36(20-33)18-22-15-28(23-2-3-23)30(29(16-22)24-4-5-24)25-6-8-26(34)9-7-25/h6-9,15-16,21,23-24H,2-5,10-14,17-20H2,1H3,(H,37,38). The molecule has 0 atom stereocenters. The molecule has 2 aromatic rings. The molecule has 0 radical (unpaired) electrons. The maximum atomic E-state index is 13.7. The Balaban J connectivity index is 0.994. The van der Waals surface area contributed by atoms with Gasteiger partial charge >= 0.3 is 5.97 Å². The second-order valence-electron chi connectivity index (χ2n) is 13.5. The highest BCUT2D eigenvalue weighted by molar-refractivity contribution is 5.86. The summed E-state index contributed by atoms with van der Waals surface area (Å²) in [6, 6.07) is 11.9. The van der Waals surface area contributed by atoms with E-state index in [1.54, 1.807) is 12.1 Å². The van der Waals surface area contributed by atoms with Crippen molar-refractivity contribution in [1.29, 1.82) is 0 Å². The van der Waals surface area contributed by atoms with Crippen LogP contribution in [0.25, 0.3) is 11.1 Å².